The summed E-state index contributed by atoms with van der Waals surface area (Å²) in [5.41, 5.74) is 4.59. The van der Waals surface area contributed by atoms with Gasteiger partial charge in [0, 0.05) is 18.9 Å². The highest BCUT2D eigenvalue weighted by molar-refractivity contribution is 5.82. The highest BCUT2D eigenvalue weighted by atomic mass is 16.6. The summed E-state index contributed by atoms with van der Waals surface area (Å²) in [6.45, 7) is 0.739. The van der Waals surface area contributed by atoms with Crippen LogP contribution in [-0.4, -0.2) is 53.5 Å². The smallest absolute Gasteiger partial charge is 0.410 e. The Bertz CT molecular complexity index is 897. The van der Waals surface area contributed by atoms with Crippen LogP contribution in [0.15, 0.2) is 48.5 Å². The summed E-state index contributed by atoms with van der Waals surface area (Å²) in [6.07, 6.45) is 0.205. The van der Waals surface area contributed by atoms with E-state index >= 15 is 0 Å². The van der Waals surface area contributed by atoms with E-state index < -0.39 is 18.1 Å². The fraction of sp³-hybridized carbons (Fsp3) is 0.364. The van der Waals surface area contributed by atoms with Gasteiger partial charge in [-0.15, -0.1) is 0 Å². The number of aliphatic carboxylic acids is 1. The summed E-state index contributed by atoms with van der Waals surface area (Å²) in [6, 6.07) is 15.2. The minimum atomic E-state index is -1.01. The molecule has 2 saturated heterocycles. The van der Waals surface area contributed by atoms with Gasteiger partial charge < -0.3 is 14.6 Å². The second-order valence-electron chi connectivity index (χ2n) is 7.57. The number of hydrogen-bond acceptors (Lipinski definition) is 4. The van der Waals surface area contributed by atoms with E-state index in [-0.39, 0.29) is 24.7 Å². The third-order valence-corrected chi connectivity index (χ3v) is 6.16. The molecule has 2 heterocycles. The number of ether oxygens (including phenoxy) is 2. The van der Waals surface area contributed by atoms with Crippen molar-refractivity contribution in [2.45, 2.75) is 36.9 Å². The molecule has 2 aromatic rings. The van der Waals surface area contributed by atoms with E-state index in [2.05, 4.69) is 24.3 Å². The summed E-state index contributed by atoms with van der Waals surface area (Å²) in [5, 5.41) is 9.52. The van der Waals surface area contributed by atoms with Gasteiger partial charge >= 0.3 is 12.1 Å². The van der Waals surface area contributed by atoms with Crippen LogP contribution in [0, 0.1) is 0 Å². The molecule has 0 bridgehead atoms. The summed E-state index contributed by atoms with van der Waals surface area (Å²) < 4.78 is 11.3. The number of benzene rings is 2. The predicted octanol–water partition coefficient (Wildman–Crippen LogP) is 3.25. The van der Waals surface area contributed by atoms with Crippen molar-refractivity contribution in [2.24, 2.45) is 0 Å². The minimum Gasteiger partial charge on any atom is -0.480 e. The van der Waals surface area contributed by atoms with Crippen LogP contribution in [0.1, 0.15) is 29.9 Å². The zero-order valence-electron chi connectivity index (χ0n) is 15.3. The Balaban J connectivity index is 1.37. The minimum absolute atomic E-state index is 0.0437. The second-order valence-corrected chi connectivity index (χ2v) is 7.57. The molecular formula is C22H21NO5. The lowest BCUT2D eigenvalue weighted by Gasteiger charge is -2.26. The molecule has 0 saturated carbocycles. The fourth-order valence-corrected chi connectivity index (χ4v) is 4.90. The number of likely N-dealkylation sites (tertiary alicyclic amines) is 1. The number of hydrogen-bond donors (Lipinski definition) is 1. The molecule has 144 valence electrons. The Morgan fingerprint density at radius 3 is 2.36 bits per heavy atom. The first kappa shape index (κ1) is 17.3. The average molecular weight is 379 g/mol. The van der Waals surface area contributed by atoms with Crippen molar-refractivity contribution in [3.63, 3.8) is 0 Å². The molecule has 6 nitrogen and oxygen atoms in total. The third kappa shape index (κ3) is 2.59. The number of carboxylic acids is 1. The van der Waals surface area contributed by atoms with E-state index in [1.165, 1.54) is 4.90 Å². The lowest BCUT2D eigenvalue weighted by Crippen LogP contribution is -2.45. The van der Waals surface area contributed by atoms with Crippen LogP contribution in [0.4, 0.5) is 4.79 Å². The van der Waals surface area contributed by atoms with Crippen molar-refractivity contribution >= 4 is 12.1 Å². The van der Waals surface area contributed by atoms with Crippen molar-refractivity contribution < 1.29 is 24.2 Å². The average Bonchev–Trinajstić information content (AvgIpc) is 3.37. The Morgan fingerprint density at radius 1 is 1.07 bits per heavy atom. The van der Waals surface area contributed by atoms with Gasteiger partial charge in [-0.05, 0) is 28.7 Å². The molecule has 6 heteroatoms. The van der Waals surface area contributed by atoms with Crippen LogP contribution in [0.5, 0.6) is 0 Å². The molecule has 1 N–H and O–H groups in total. The molecule has 0 aromatic heterocycles. The summed E-state index contributed by atoms with van der Waals surface area (Å²) in [7, 11) is 0. The molecule has 2 aromatic carbocycles. The number of carbonyl (C=O) groups is 2. The monoisotopic (exact) mass is 379 g/mol. The standard InChI is InChI=1S/C22H21NO5/c24-21(25)19-11-20-18(9-10-27-20)23(19)22(26)28-12-17-15-7-3-1-5-13(15)14-6-2-4-8-16(14)17/h1-8,17-20H,9-12H2,(H,24,25). The maximum Gasteiger partial charge on any atom is 0.410 e. The van der Waals surface area contributed by atoms with Gasteiger partial charge in [-0.3, -0.25) is 4.90 Å². The maximum absolute atomic E-state index is 12.9. The zero-order valence-corrected chi connectivity index (χ0v) is 15.3. The van der Waals surface area contributed by atoms with Crippen LogP contribution >= 0.6 is 0 Å². The van der Waals surface area contributed by atoms with Gasteiger partial charge in [0.1, 0.15) is 12.6 Å². The number of rotatable bonds is 3. The van der Waals surface area contributed by atoms with Crippen LogP contribution in [0.25, 0.3) is 11.1 Å². The highest BCUT2D eigenvalue weighted by Crippen LogP contribution is 2.44. The maximum atomic E-state index is 12.9. The van der Waals surface area contributed by atoms with Gasteiger partial charge in [0.05, 0.1) is 12.1 Å². The molecule has 0 radical (unpaired) electrons. The molecule has 3 unspecified atom stereocenters. The van der Waals surface area contributed by atoms with E-state index in [0.29, 0.717) is 19.4 Å². The second kappa shape index (κ2) is 6.63. The van der Waals surface area contributed by atoms with Crippen molar-refractivity contribution in [1.82, 2.24) is 4.90 Å². The molecule has 2 aliphatic heterocycles. The lowest BCUT2D eigenvalue weighted by molar-refractivity contribution is -0.142. The van der Waals surface area contributed by atoms with Crippen molar-refractivity contribution in [3.05, 3.63) is 59.7 Å². The zero-order chi connectivity index (χ0) is 19.3. The number of carboxylic acid groups (broad SMARTS) is 1. The molecule has 2 fully saturated rings. The molecule has 3 atom stereocenters. The topological polar surface area (TPSA) is 76.1 Å². The first-order valence-electron chi connectivity index (χ1n) is 9.63. The predicted molar refractivity (Wildman–Crippen MR) is 101 cm³/mol. The van der Waals surface area contributed by atoms with Crippen molar-refractivity contribution in [1.29, 1.82) is 0 Å². The van der Waals surface area contributed by atoms with Crippen LogP contribution in [0.2, 0.25) is 0 Å². The van der Waals surface area contributed by atoms with Gasteiger partial charge in [0.25, 0.3) is 0 Å². The van der Waals surface area contributed by atoms with Gasteiger partial charge in [-0.1, -0.05) is 48.5 Å². The first-order valence-corrected chi connectivity index (χ1v) is 9.63. The van der Waals surface area contributed by atoms with Crippen LogP contribution in [0.3, 0.4) is 0 Å². The fourth-order valence-electron chi connectivity index (χ4n) is 4.90. The summed E-state index contributed by atoms with van der Waals surface area (Å²) in [4.78, 5) is 25.9. The number of carbonyl (C=O) groups excluding carboxylic acids is 1. The quantitative estimate of drug-likeness (QED) is 0.886. The van der Waals surface area contributed by atoms with E-state index in [0.717, 1.165) is 22.3 Å². The summed E-state index contributed by atoms with van der Waals surface area (Å²) >= 11 is 0. The molecule has 1 amide bonds. The van der Waals surface area contributed by atoms with E-state index in [4.69, 9.17) is 9.47 Å². The van der Waals surface area contributed by atoms with E-state index in [9.17, 15) is 14.7 Å². The Hall–Kier alpha value is -2.86. The molecule has 28 heavy (non-hydrogen) atoms. The van der Waals surface area contributed by atoms with Gasteiger partial charge in [0.15, 0.2) is 0 Å². The number of amides is 1. The van der Waals surface area contributed by atoms with E-state index in [1.807, 2.05) is 24.3 Å². The van der Waals surface area contributed by atoms with Crippen LogP contribution < -0.4 is 0 Å². The highest BCUT2D eigenvalue weighted by Gasteiger charge is 2.50. The molecule has 0 spiro atoms. The van der Waals surface area contributed by atoms with Gasteiger partial charge in [-0.2, -0.15) is 0 Å². The Kier molecular flexibility index (Phi) is 4.09. The molecular weight excluding hydrogens is 358 g/mol. The molecule has 5 rings (SSSR count). The van der Waals surface area contributed by atoms with Crippen LogP contribution in [-0.2, 0) is 14.3 Å². The largest absolute Gasteiger partial charge is 0.480 e. The number of fused-ring (bicyclic) bond motifs is 4. The number of nitrogens with zero attached hydrogens (tertiary/aromatic N) is 1. The van der Waals surface area contributed by atoms with Gasteiger partial charge in [-0.25, -0.2) is 9.59 Å². The van der Waals surface area contributed by atoms with Crippen molar-refractivity contribution in [2.75, 3.05) is 13.2 Å². The van der Waals surface area contributed by atoms with Crippen molar-refractivity contribution in [3.8, 4) is 11.1 Å². The van der Waals surface area contributed by atoms with E-state index in [1.54, 1.807) is 0 Å². The Labute approximate surface area is 162 Å². The van der Waals surface area contributed by atoms with Gasteiger partial charge in [0.2, 0.25) is 0 Å². The normalized spacial score (nSPS) is 25.3. The molecule has 3 aliphatic rings. The first-order chi connectivity index (χ1) is 13.6. The Morgan fingerprint density at radius 2 is 1.71 bits per heavy atom. The summed E-state index contributed by atoms with van der Waals surface area (Å²) in [5.74, 6) is -1.05. The SMILES string of the molecule is O=C(O)C1CC2OCCC2N1C(=O)OCC1c2ccccc2-c2ccccc21. The third-order valence-electron chi connectivity index (χ3n) is 6.16. The molecule has 1 aliphatic carbocycles. The lowest BCUT2D eigenvalue weighted by atomic mass is 9.98.